The van der Waals surface area contributed by atoms with E-state index in [0.29, 0.717) is 16.6 Å². The number of hydrogen-bond acceptors (Lipinski definition) is 2. The van der Waals surface area contributed by atoms with Crippen molar-refractivity contribution in [1.29, 1.82) is 0 Å². The number of benzene rings is 1. The Kier molecular flexibility index (Phi) is 4.05. The van der Waals surface area contributed by atoms with Gasteiger partial charge in [0.2, 0.25) is 0 Å². The highest BCUT2D eigenvalue weighted by molar-refractivity contribution is 6.35. The zero-order valence-electron chi connectivity index (χ0n) is 9.21. The second-order valence-electron chi connectivity index (χ2n) is 3.76. The van der Waals surface area contributed by atoms with Gasteiger partial charge in [0.25, 0.3) is 0 Å². The second kappa shape index (κ2) is 5.54. The van der Waals surface area contributed by atoms with Gasteiger partial charge in [0.05, 0.1) is 16.9 Å². The van der Waals surface area contributed by atoms with Gasteiger partial charge in [-0.3, -0.25) is 0 Å². The van der Waals surface area contributed by atoms with E-state index in [1.54, 1.807) is 18.3 Å². The first-order valence-corrected chi connectivity index (χ1v) is 6.15. The minimum atomic E-state index is 0.655. The molecule has 90 valence electrons. The molecule has 0 saturated carbocycles. The molecule has 0 atom stereocenters. The molecular weight excluding hydrogens is 257 g/mol. The standard InChI is InChI=1S/C12H13Cl2N3/c13-8-3-4-10(14)9(6-8)11-7-16-12(17-11)2-1-5-15/h3-4,6-7H,1-2,5,15H2,(H,16,17). The lowest BCUT2D eigenvalue weighted by molar-refractivity contribution is 0.794. The summed E-state index contributed by atoms with van der Waals surface area (Å²) in [6.45, 7) is 0.661. The molecule has 1 aromatic carbocycles. The number of aryl methyl sites for hydroxylation is 1. The number of nitrogens with one attached hydrogen (secondary N) is 1. The first-order valence-electron chi connectivity index (χ1n) is 5.40. The van der Waals surface area contributed by atoms with E-state index in [-0.39, 0.29) is 0 Å². The van der Waals surface area contributed by atoms with Crippen LogP contribution >= 0.6 is 23.2 Å². The maximum Gasteiger partial charge on any atom is 0.106 e. The molecule has 3 N–H and O–H groups in total. The Hall–Kier alpha value is -1.03. The number of aromatic nitrogens is 2. The van der Waals surface area contributed by atoms with Crippen LogP contribution in [0.5, 0.6) is 0 Å². The van der Waals surface area contributed by atoms with Gasteiger partial charge in [-0.25, -0.2) is 4.98 Å². The Balaban J connectivity index is 2.27. The summed E-state index contributed by atoms with van der Waals surface area (Å²) in [6.07, 6.45) is 3.52. The van der Waals surface area contributed by atoms with Crippen molar-refractivity contribution in [2.45, 2.75) is 12.8 Å². The van der Waals surface area contributed by atoms with Crippen LogP contribution in [0.1, 0.15) is 12.2 Å². The largest absolute Gasteiger partial charge is 0.342 e. The monoisotopic (exact) mass is 269 g/mol. The molecular formula is C12H13Cl2N3. The van der Waals surface area contributed by atoms with Gasteiger partial charge in [0, 0.05) is 17.0 Å². The van der Waals surface area contributed by atoms with Crippen LogP contribution in [0.25, 0.3) is 11.3 Å². The Morgan fingerprint density at radius 2 is 2.12 bits per heavy atom. The number of halogens is 2. The van der Waals surface area contributed by atoms with Gasteiger partial charge < -0.3 is 10.7 Å². The van der Waals surface area contributed by atoms with Crippen LogP contribution in [-0.2, 0) is 6.42 Å². The fourth-order valence-electron chi connectivity index (χ4n) is 1.60. The normalized spacial score (nSPS) is 10.8. The molecule has 5 heteroatoms. The van der Waals surface area contributed by atoms with Gasteiger partial charge >= 0.3 is 0 Å². The molecule has 3 nitrogen and oxygen atoms in total. The molecule has 0 aliphatic rings. The van der Waals surface area contributed by atoms with Gasteiger partial charge in [-0.05, 0) is 31.2 Å². The van der Waals surface area contributed by atoms with E-state index in [1.807, 2.05) is 6.07 Å². The molecule has 0 radical (unpaired) electrons. The topological polar surface area (TPSA) is 54.7 Å². The minimum absolute atomic E-state index is 0.655. The number of rotatable bonds is 4. The summed E-state index contributed by atoms with van der Waals surface area (Å²) in [5, 5.41) is 1.31. The number of H-pyrrole nitrogens is 1. The van der Waals surface area contributed by atoms with Crippen LogP contribution in [-0.4, -0.2) is 16.5 Å². The van der Waals surface area contributed by atoms with Crippen molar-refractivity contribution in [3.8, 4) is 11.3 Å². The van der Waals surface area contributed by atoms with Crippen LogP contribution in [0.4, 0.5) is 0 Å². The molecule has 17 heavy (non-hydrogen) atoms. The van der Waals surface area contributed by atoms with E-state index in [9.17, 15) is 0 Å². The smallest absolute Gasteiger partial charge is 0.106 e. The number of imidazole rings is 1. The first-order chi connectivity index (χ1) is 8.20. The average molecular weight is 270 g/mol. The van der Waals surface area contributed by atoms with E-state index in [0.717, 1.165) is 29.9 Å². The number of aromatic amines is 1. The second-order valence-corrected chi connectivity index (χ2v) is 4.60. The fourth-order valence-corrected chi connectivity index (χ4v) is 1.99. The van der Waals surface area contributed by atoms with E-state index in [1.165, 1.54) is 0 Å². The van der Waals surface area contributed by atoms with E-state index in [4.69, 9.17) is 28.9 Å². The fraction of sp³-hybridized carbons (Fsp3) is 0.250. The lowest BCUT2D eigenvalue weighted by Crippen LogP contribution is -2.01. The Labute approximate surface area is 110 Å². The summed E-state index contributed by atoms with van der Waals surface area (Å²) in [7, 11) is 0. The third-order valence-corrected chi connectivity index (χ3v) is 3.03. The summed E-state index contributed by atoms with van der Waals surface area (Å²) in [5.74, 6) is 0.918. The van der Waals surface area contributed by atoms with Crippen molar-refractivity contribution >= 4 is 23.2 Å². The summed E-state index contributed by atoms with van der Waals surface area (Å²) in [6, 6.07) is 5.36. The van der Waals surface area contributed by atoms with Crippen molar-refractivity contribution in [2.75, 3.05) is 6.54 Å². The Morgan fingerprint density at radius 1 is 1.29 bits per heavy atom. The van der Waals surface area contributed by atoms with Crippen molar-refractivity contribution in [3.63, 3.8) is 0 Å². The third-order valence-electron chi connectivity index (χ3n) is 2.46. The molecule has 0 aliphatic carbocycles. The minimum Gasteiger partial charge on any atom is -0.342 e. The van der Waals surface area contributed by atoms with E-state index >= 15 is 0 Å². The molecule has 0 spiro atoms. The summed E-state index contributed by atoms with van der Waals surface area (Å²) < 4.78 is 0. The van der Waals surface area contributed by atoms with Crippen LogP contribution in [0.2, 0.25) is 10.0 Å². The Morgan fingerprint density at radius 3 is 2.88 bits per heavy atom. The molecule has 2 aromatic rings. The summed E-state index contributed by atoms with van der Waals surface area (Å²) in [4.78, 5) is 7.51. The van der Waals surface area contributed by atoms with E-state index in [2.05, 4.69) is 9.97 Å². The van der Waals surface area contributed by atoms with Crippen molar-refractivity contribution < 1.29 is 0 Å². The Bertz CT molecular complexity index is 508. The molecule has 0 saturated heterocycles. The van der Waals surface area contributed by atoms with E-state index < -0.39 is 0 Å². The zero-order valence-corrected chi connectivity index (χ0v) is 10.7. The molecule has 0 unspecified atom stereocenters. The molecule has 0 aliphatic heterocycles. The lowest BCUT2D eigenvalue weighted by Gasteiger charge is -2.01. The average Bonchev–Trinajstić information content (AvgIpc) is 2.78. The summed E-state index contributed by atoms with van der Waals surface area (Å²) >= 11 is 12.1. The first kappa shape index (κ1) is 12.4. The van der Waals surface area contributed by atoms with Gasteiger partial charge in [-0.1, -0.05) is 23.2 Å². The van der Waals surface area contributed by atoms with Gasteiger partial charge in [-0.2, -0.15) is 0 Å². The maximum atomic E-state index is 6.12. The molecule has 1 heterocycles. The highest BCUT2D eigenvalue weighted by Gasteiger charge is 2.07. The van der Waals surface area contributed by atoms with Crippen molar-refractivity contribution in [3.05, 3.63) is 40.3 Å². The SMILES string of the molecule is NCCCc1ncc(-c2cc(Cl)ccc2Cl)[nH]1. The van der Waals surface area contributed by atoms with Gasteiger partial charge in [-0.15, -0.1) is 0 Å². The third kappa shape index (κ3) is 3.00. The summed E-state index contributed by atoms with van der Waals surface area (Å²) in [5.41, 5.74) is 7.20. The molecule has 2 rings (SSSR count). The predicted octanol–water partition coefficient (Wildman–Crippen LogP) is 3.27. The number of hydrogen-bond donors (Lipinski definition) is 2. The number of nitrogens with zero attached hydrogens (tertiary/aromatic N) is 1. The molecule has 0 bridgehead atoms. The van der Waals surface area contributed by atoms with Gasteiger partial charge in [0.1, 0.15) is 5.82 Å². The van der Waals surface area contributed by atoms with Crippen molar-refractivity contribution in [1.82, 2.24) is 9.97 Å². The predicted molar refractivity (Wildman–Crippen MR) is 71.4 cm³/mol. The number of nitrogens with two attached hydrogens (primary N) is 1. The highest BCUT2D eigenvalue weighted by atomic mass is 35.5. The maximum absolute atomic E-state index is 6.12. The van der Waals surface area contributed by atoms with Crippen molar-refractivity contribution in [2.24, 2.45) is 5.73 Å². The highest BCUT2D eigenvalue weighted by Crippen LogP contribution is 2.29. The lowest BCUT2D eigenvalue weighted by atomic mass is 10.2. The molecule has 1 aromatic heterocycles. The van der Waals surface area contributed by atoms with Crippen LogP contribution in [0.3, 0.4) is 0 Å². The quantitative estimate of drug-likeness (QED) is 0.895. The zero-order chi connectivity index (χ0) is 12.3. The molecule has 0 fully saturated rings. The van der Waals surface area contributed by atoms with Crippen LogP contribution < -0.4 is 5.73 Å². The van der Waals surface area contributed by atoms with Crippen LogP contribution in [0, 0.1) is 0 Å². The molecule has 0 amide bonds. The van der Waals surface area contributed by atoms with Gasteiger partial charge in [0.15, 0.2) is 0 Å². The van der Waals surface area contributed by atoms with Crippen LogP contribution in [0.15, 0.2) is 24.4 Å².